The molecule has 0 radical (unpaired) electrons. The average molecular weight is 565 g/mol. The average Bonchev–Trinajstić information content (AvgIpc) is 3.49. The van der Waals surface area contributed by atoms with Crippen LogP contribution in [0.2, 0.25) is 0 Å². The molecule has 0 bridgehead atoms. The zero-order valence-corrected chi connectivity index (χ0v) is 21.2. The van der Waals surface area contributed by atoms with Gasteiger partial charge in [-0.15, -0.1) is 11.3 Å². The predicted octanol–water partition coefficient (Wildman–Crippen LogP) is 5.74. The summed E-state index contributed by atoms with van der Waals surface area (Å²) in [5.41, 5.74) is 0.519. The molecule has 0 unspecified atom stereocenters. The third-order valence-electron chi connectivity index (χ3n) is 4.39. The van der Waals surface area contributed by atoms with Gasteiger partial charge in [0.15, 0.2) is 0 Å². The first kappa shape index (κ1) is 23.6. The van der Waals surface area contributed by atoms with Gasteiger partial charge in [0.2, 0.25) is 31.8 Å². The Morgan fingerprint density at radius 1 is 1.15 bits per heavy atom. The zero-order valence-electron chi connectivity index (χ0n) is 17.1. The molecule has 2 aromatic carbocycles. The highest BCUT2D eigenvalue weighted by Crippen LogP contribution is 2.36. The van der Waals surface area contributed by atoms with E-state index in [0.717, 1.165) is 16.2 Å². The van der Waals surface area contributed by atoms with E-state index in [2.05, 4.69) is 26.2 Å². The molecular formula is C22H17BrN2O5S3. The largest absolute Gasteiger partial charge is 0.495 e. The summed E-state index contributed by atoms with van der Waals surface area (Å²) in [6.07, 6.45) is 0. The van der Waals surface area contributed by atoms with E-state index >= 15 is 0 Å². The Balaban J connectivity index is 1.61. The monoisotopic (exact) mass is 564 g/mol. The summed E-state index contributed by atoms with van der Waals surface area (Å²) < 4.78 is 38.4. The van der Waals surface area contributed by atoms with Crippen molar-refractivity contribution in [3.05, 3.63) is 70.5 Å². The SMILES string of the molecule is COc1ccccc1NC(=O)CSc1oc(-c2cccs2)nc1S(=O)(=O)c1ccc(Br)cc1. The van der Waals surface area contributed by atoms with Crippen molar-refractivity contribution in [2.45, 2.75) is 15.0 Å². The molecule has 2 aromatic heterocycles. The number of rotatable bonds is 8. The minimum Gasteiger partial charge on any atom is -0.495 e. The van der Waals surface area contributed by atoms with Crippen LogP contribution in [-0.4, -0.2) is 32.2 Å². The number of hydrogen-bond acceptors (Lipinski definition) is 8. The number of thioether (sulfide) groups is 1. The fourth-order valence-corrected chi connectivity index (χ4v) is 6.09. The number of anilines is 1. The second kappa shape index (κ2) is 10.1. The number of carbonyl (C=O) groups is 1. The maximum Gasteiger partial charge on any atom is 0.238 e. The third kappa shape index (κ3) is 5.32. The summed E-state index contributed by atoms with van der Waals surface area (Å²) in [7, 11) is -2.45. The van der Waals surface area contributed by atoms with Gasteiger partial charge in [-0.05, 0) is 47.8 Å². The Kier molecular flexibility index (Phi) is 7.23. The first-order chi connectivity index (χ1) is 15.9. The number of sulfone groups is 1. The summed E-state index contributed by atoms with van der Waals surface area (Å²) in [6.45, 7) is 0. The molecule has 1 N–H and O–H groups in total. The Bertz CT molecular complexity index is 1370. The Hall–Kier alpha value is -2.60. The van der Waals surface area contributed by atoms with Crippen LogP contribution in [0.4, 0.5) is 5.69 Å². The summed E-state index contributed by atoms with van der Waals surface area (Å²) in [5, 5.41) is 4.44. The van der Waals surface area contributed by atoms with Crippen LogP contribution in [-0.2, 0) is 14.6 Å². The lowest BCUT2D eigenvalue weighted by atomic mass is 10.3. The van der Waals surface area contributed by atoms with Crippen LogP contribution in [0.5, 0.6) is 5.75 Å². The summed E-state index contributed by atoms with van der Waals surface area (Å²) in [6, 6.07) is 16.9. The Labute approximate surface area is 207 Å². The highest BCUT2D eigenvalue weighted by molar-refractivity contribution is 9.10. The maximum atomic E-state index is 13.3. The minimum absolute atomic E-state index is 0.0523. The number of nitrogens with zero attached hydrogens (tertiary/aromatic N) is 1. The molecule has 0 saturated carbocycles. The number of amides is 1. The molecule has 0 aliphatic rings. The quantitative estimate of drug-likeness (QED) is 0.272. The number of thiophene rings is 1. The van der Waals surface area contributed by atoms with E-state index in [-0.39, 0.29) is 32.6 Å². The summed E-state index contributed by atoms with van der Waals surface area (Å²) in [4.78, 5) is 17.6. The van der Waals surface area contributed by atoms with Gasteiger partial charge in [-0.25, -0.2) is 8.42 Å². The molecule has 4 aromatic rings. The van der Waals surface area contributed by atoms with Gasteiger partial charge in [0.1, 0.15) is 5.75 Å². The zero-order chi connectivity index (χ0) is 23.4. The van der Waals surface area contributed by atoms with Crippen molar-refractivity contribution in [3.8, 4) is 16.5 Å². The maximum absolute atomic E-state index is 13.3. The van der Waals surface area contributed by atoms with E-state index in [1.807, 2.05) is 11.4 Å². The number of halogens is 1. The van der Waals surface area contributed by atoms with Gasteiger partial charge < -0.3 is 14.5 Å². The number of carbonyl (C=O) groups excluding carboxylic acids is 1. The topological polar surface area (TPSA) is 98.5 Å². The van der Waals surface area contributed by atoms with Crippen molar-refractivity contribution in [1.82, 2.24) is 4.98 Å². The fraction of sp³-hybridized carbons (Fsp3) is 0.0909. The molecule has 0 atom stereocenters. The number of methoxy groups -OCH3 is 1. The van der Waals surface area contributed by atoms with Gasteiger partial charge in [-0.3, -0.25) is 4.79 Å². The molecule has 7 nitrogen and oxygen atoms in total. The molecule has 0 spiro atoms. The molecule has 0 aliphatic carbocycles. The van der Waals surface area contributed by atoms with Crippen LogP contribution in [0.15, 0.2) is 89.9 Å². The number of oxazole rings is 1. The van der Waals surface area contributed by atoms with Crippen LogP contribution >= 0.6 is 39.0 Å². The van der Waals surface area contributed by atoms with Crippen LogP contribution in [0.1, 0.15) is 0 Å². The van der Waals surface area contributed by atoms with E-state index in [1.165, 1.54) is 30.6 Å². The Morgan fingerprint density at radius 2 is 1.91 bits per heavy atom. The van der Waals surface area contributed by atoms with Crippen LogP contribution in [0, 0.1) is 0 Å². The van der Waals surface area contributed by atoms with Gasteiger partial charge >= 0.3 is 0 Å². The molecule has 11 heteroatoms. The van der Waals surface area contributed by atoms with Crippen molar-refractivity contribution in [3.63, 3.8) is 0 Å². The van der Waals surface area contributed by atoms with Gasteiger partial charge in [0, 0.05) is 4.47 Å². The number of ether oxygens (including phenoxy) is 1. The van der Waals surface area contributed by atoms with Crippen LogP contribution in [0.3, 0.4) is 0 Å². The van der Waals surface area contributed by atoms with Gasteiger partial charge in [0.05, 0.1) is 28.3 Å². The van der Waals surface area contributed by atoms with E-state index in [1.54, 1.807) is 42.5 Å². The highest BCUT2D eigenvalue weighted by Gasteiger charge is 2.29. The lowest BCUT2D eigenvalue weighted by molar-refractivity contribution is -0.113. The highest BCUT2D eigenvalue weighted by atomic mass is 79.9. The molecule has 170 valence electrons. The fourth-order valence-electron chi connectivity index (χ4n) is 2.85. The minimum atomic E-state index is -3.97. The molecule has 4 rings (SSSR count). The van der Waals surface area contributed by atoms with Gasteiger partial charge in [-0.2, -0.15) is 4.98 Å². The molecule has 0 aliphatic heterocycles. The first-order valence-corrected chi connectivity index (χ1v) is 13.6. The molecule has 1 amide bonds. The van der Waals surface area contributed by atoms with Gasteiger partial charge in [0.25, 0.3) is 0 Å². The van der Waals surface area contributed by atoms with Crippen molar-refractivity contribution in [2.24, 2.45) is 0 Å². The lowest BCUT2D eigenvalue weighted by Gasteiger charge is -2.09. The molecule has 0 saturated heterocycles. The normalized spacial score (nSPS) is 11.3. The first-order valence-electron chi connectivity index (χ1n) is 9.49. The van der Waals surface area contributed by atoms with E-state index in [4.69, 9.17) is 9.15 Å². The number of para-hydroxylation sites is 2. The second-order valence-corrected chi connectivity index (χ2v) is 11.3. The van der Waals surface area contributed by atoms with Crippen molar-refractivity contribution < 1.29 is 22.4 Å². The number of aromatic nitrogens is 1. The number of hydrogen-bond donors (Lipinski definition) is 1. The van der Waals surface area contributed by atoms with Gasteiger partial charge in [-0.1, -0.05) is 45.9 Å². The van der Waals surface area contributed by atoms with Crippen molar-refractivity contribution >= 4 is 60.5 Å². The number of nitrogens with one attached hydrogen (secondary N) is 1. The summed E-state index contributed by atoms with van der Waals surface area (Å²) >= 11 is 5.65. The third-order valence-corrected chi connectivity index (χ3v) is 8.53. The molecule has 33 heavy (non-hydrogen) atoms. The van der Waals surface area contributed by atoms with Crippen molar-refractivity contribution in [1.29, 1.82) is 0 Å². The second-order valence-electron chi connectivity index (χ2n) is 6.58. The molecular weight excluding hydrogens is 548 g/mol. The smallest absolute Gasteiger partial charge is 0.238 e. The Morgan fingerprint density at radius 3 is 2.61 bits per heavy atom. The molecule has 0 fully saturated rings. The molecule has 2 heterocycles. The van der Waals surface area contributed by atoms with E-state index in [9.17, 15) is 13.2 Å². The summed E-state index contributed by atoms with van der Waals surface area (Å²) in [5.74, 6) is 0.285. The predicted molar refractivity (Wildman–Crippen MR) is 132 cm³/mol. The standard InChI is InChI=1S/C22H17BrN2O5S3/c1-29-17-6-3-2-5-16(17)24-19(26)13-32-22-21(25-20(30-22)18-7-4-12-31-18)33(27,28)15-10-8-14(23)9-11-15/h2-12H,13H2,1H3,(H,24,26). The van der Waals surface area contributed by atoms with Crippen LogP contribution in [0.25, 0.3) is 10.8 Å². The lowest BCUT2D eigenvalue weighted by Crippen LogP contribution is -2.15. The van der Waals surface area contributed by atoms with E-state index < -0.39 is 9.84 Å². The number of benzene rings is 2. The van der Waals surface area contributed by atoms with Crippen molar-refractivity contribution in [2.75, 3.05) is 18.2 Å². The van der Waals surface area contributed by atoms with E-state index in [0.29, 0.717) is 16.3 Å². The van der Waals surface area contributed by atoms with Crippen LogP contribution < -0.4 is 10.1 Å².